The molecule has 2 N–H and O–H groups in total. The van der Waals surface area contributed by atoms with Crippen LogP contribution in [0.3, 0.4) is 0 Å². The third-order valence-corrected chi connectivity index (χ3v) is 4.20. The molecule has 0 aromatic carbocycles. The normalized spacial score (nSPS) is 26.4. The van der Waals surface area contributed by atoms with Gasteiger partial charge in [-0.2, -0.15) is 4.98 Å². The SMILES string of the molecule is CCCC1(c2nc(C(=O)NC3CC3)no2)CCCNC1. The van der Waals surface area contributed by atoms with Gasteiger partial charge in [0, 0.05) is 12.6 Å². The molecule has 1 saturated heterocycles. The second-order valence-corrected chi connectivity index (χ2v) is 5.98. The van der Waals surface area contributed by atoms with Gasteiger partial charge in [0.05, 0.1) is 5.41 Å². The summed E-state index contributed by atoms with van der Waals surface area (Å²) in [7, 11) is 0. The molecule has 1 aliphatic heterocycles. The minimum absolute atomic E-state index is 0.0991. The molecule has 1 aromatic rings. The third-order valence-electron chi connectivity index (χ3n) is 4.20. The molecule has 0 spiro atoms. The van der Waals surface area contributed by atoms with Gasteiger partial charge >= 0.3 is 0 Å². The van der Waals surface area contributed by atoms with E-state index < -0.39 is 0 Å². The quantitative estimate of drug-likeness (QED) is 0.850. The standard InChI is InChI=1S/C14H22N4O2/c1-2-6-14(7-3-8-15-9-14)13-17-11(18-20-13)12(19)16-10-4-5-10/h10,15H,2-9H2,1H3,(H,16,19). The molecule has 1 saturated carbocycles. The molecule has 1 aliphatic carbocycles. The summed E-state index contributed by atoms with van der Waals surface area (Å²) in [4.78, 5) is 16.3. The highest BCUT2D eigenvalue weighted by molar-refractivity contribution is 5.90. The molecule has 1 amide bonds. The number of amides is 1. The van der Waals surface area contributed by atoms with Crippen LogP contribution < -0.4 is 10.6 Å². The first kappa shape index (κ1) is 13.5. The van der Waals surface area contributed by atoms with Crippen molar-refractivity contribution in [1.29, 1.82) is 0 Å². The molecule has 2 heterocycles. The van der Waals surface area contributed by atoms with Crippen LogP contribution in [0.25, 0.3) is 0 Å². The van der Waals surface area contributed by atoms with Gasteiger partial charge in [-0.05, 0) is 38.6 Å². The minimum atomic E-state index is -0.210. The monoisotopic (exact) mass is 278 g/mol. The molecule has 1 aromatic heterocycles. The van der Waals surface area contributed by atoms with Crippen LogP contribution in [0.5, 0.6) is 0 Å². The summed E-state index contributed by atoms with van der Waals surface area (Å²) in [6.45, 7) is 4.05. The number of nitrogens with one attached hydrogen (secondary N) is 2. The fourth-order valence-corrected chi connectivity index (χ4v) is 2.96. The van der Waals surface area contributed by atoms with Gasteiger partial charge in [-0.1, -0.05) is 18.5 Å². The van der Waals surface area contributed by atoms with E-state index in [0.717, 1.165) is 51.6 Å². The largest absolute Gasteiger partial charge is 0.346 e. The van der Waals surface area contributed by atoms with Crippen molar-refractivity contribution < 1.29 is 9.32 Å². The summed E-state index contributed by atoms with van der Waals surface area (Å²) in [5, 5.41) is 10.2. The summed E-state index contributed by atoms with van der Waals surface area (Å²) in [6, 6.07) is 0.311. The molecule has 1 unspecified atom stereocenters. The molecular formula is C14H22N4O2. The average molecular weight is 278 g/mol. The first-order chi connectivity index (χ1) is 9.73. The molecular weight excluding hydrogens is 256 g/mol. The van der Waals surface area contributed by atoms with Crippen LogP contribution in [0.4, 0.5) is 0 Å². The Bertz CT molecular complexity index is 470. The number of rotatable bonds is 5. The maximum atomic E-state index is 11.9. The highest BCUT2D eigenvalue weighted by Crippen LogP contribution is 2.34. The van der Waals surface area contributed by atoms with E-state index in [4.69, 9.17) is 4.52 Å². The number of nitrogens with zero attached hydrogens (tertiary/aromatic N) is 2. The number of hydrogen-bond acceptors (Lipinski definition) is 5. The zero-order chi connectivity index (χ0) is 14.0. The Labute approximate surface area is 118 Å². The van der Waals surface area contributed by atoms with Crippen LogP contribution in [-0.4, -0.2) is 35.2 Å². The molecule has 110 valence electrons. The summed E-state index contributed by atoms with van der Waals surface area (Å²) in [6.07, 6.45) is 6.32. The van der Waals surface area contributed by atoms with Gasteiger partial charge in [-0.15, -0.1) is 0 Å². The Morgan fingerprint density at radius 3 is 3.05 bits per heavy atom. The topological polar surface area (TPSA) is 80.1 Å². The van der Waals surface area contributed by atoms with Gasteiger partial charge < -0.3 is 15.2 Å². The Balaban J connectivity index is 1.77. The molecule has 2 fully saturated rings. The second kappa shape index (κ2) is 5.52. The van der Waals surface area contributed by atoms with Crippen molar-refractivity contribution >= 4 is 5.91 Å². The predicted molar refractivity (Wildman–Crippen MR) is 73.5 cm³/mol. The van der Waals surface area contributed by atoms with Gasteiger partial charge in [0.2, 0.25) is 5.89 Å². The van der Waals surface area contributed by atoms with E-state index in [-0.39, 0.29) is 17.1 Å². The van der Waals surface area contributed by atoms with E-state index in [1.807, 2.05) is 0 Å². The summed E-state index contributed by atoms with van der Waals surface area (Å²) in [5.74, 6) is 0.582. The number of piperidine rings is 1. The third kappa shape index (κ3) is 2.70. The van der Waals surface area contributed by atoms with Crippen LogP contribution in [0, 0.1) is 0 Å². The lowest BCUT2D eigenvalue weighted by atomic mass is 9.77. The van der Waals surface area contributed by atoms with Crippen LogP contribution in [0.1, 0.15) is 62.0 Å². The van der Waals surface area contributed by atoms with Gasteiger partial charge in [0.1, 0.15) is 0 Å². The van der Waals surface area contributed by atoms with Crippen LogP contribution >= 0.6 is 0 Å². The minimum Gasteiger partial charge on any atom is -0.346 e. The van der Waals surface area contributed by atoms with Crippen molar-refractivity contribution in [2.45, 2.75) is 56.9 Å². The van der Waals surface area contributed by atoms with E-state index in [9.17, 15) is 4.79 Å². The molecule has 6 heteroatoms. The Hall–Kier alpha value is -1.43. The van der Waals surface area contributed by atoms with Crippen LogP contribution in [0.2, 0.25) is 0 Å². The lowest BCUT2D eigenvalue weighted by Crippen LogP contribution is -2.43. The number of aromatic nitrogens is 2. The second-order valence-electron chi connectivity index (χ2n) is 5.98. The maximum Gasteiger partial charge on any atom is 0.292 e. The van der Waals surface area contributed by atoms with Crippen molar-refractivity contribution in [3.05, 3.63) is 11.7 Å². The van der Waals surface area contributed by atoms with Crippen molar-refractivity contribution in [2.24, 2.45) is 0 Å². The van der Waals surface area contributed by atoms with Crippen molar-refractivity contribution in [3.8, 4) is 0 Å². The fourth-order valence-electron chi connectivity index (χ4n) is 2.96. The summed E-state index contributed by atoms with van der Waals surface area (Å²) in [5.41, 5.74) is -0.0991. The van der Waals surface area contributed by atoms with Crippen molar-refractivity contribution in [2.75, 3.05) is 13.1 Å². The highest BCUT2D eigenvalue weighted by atomic mass is 16.5. The summed E-state index contributed by atoms with van der Waals surface area (Å²) < 4.78 is 5.42. The van der Waals surface area contributed by atoms with Crippen LogP contribution in [-0.2, 0) is 5.41 Å². The first-order valence-electron chi connectivity index (χ1n) is 7.59. The number of carbonyl (C=O) groups excluding carboxylic acids is 1. The zero-order valence-electron chi connectivity index (χ0n) is 11.9. The molecule has 2 aliphatic rings. The van der Waals surface area contributed by atoms with Gasteiger partial charge in [0.25, 0.3) is 11.7 Å². The van der Waals surface area contributed by atoms with Crippen LogP contribution in [0.15, 0.2) is 4.52 Å². The molecule has 1 atom stereocenters. The smallest absolute Gasteiger partial charge is 0.292 e. The van der Waals surface area contributed by atoms with E-state index >= 15 is 0 Å². The van der Waals surface area contributed by atoms with Crippen molar-refractivity contribution in [1.82, 2.24) is 20.8 Å². The zero-order valence-corrected chi connectivity index (χ0v) is 11.9. The maximum absolute atomic E-state index is 11.9. The van der Waals surface area contributed by atoms with E-state index in [0.29, 0.717) is 11.9 Å². The number of hydrogen-bond donors (Lipinski definition) is 2. The Morgan fingerprint density at radius 2 is 2.40 bits per heavy atom. The summed E-state index contributed by atoms with van der Waals surface area (Å²) >= 11 is 0. The van der Waals surface area contributed by atoms with Gasteiger partial charge in [-0.3, -0.25) is 4.79 Å². The fraction of sp³-hybridized carbons (Fsp3) is 0.786. The first-order valence-corrected chi connectivity index (χ1v) is 7.59. The molecule has 6 nitrogen and oxygen atoms in total. The van der Waals surface area contributed by atoms with Gasteiger partial charge in [0.15, 0.2) is 0 Å². The molecule has 0 bridgehead atoms. The average Bonchev–Trinajstić information content (AvgIpc) is 3.12. The Morgan fingerprint density at radius 1 is 1.55 bits per heavy atom. The molecule has 0 radical (unpaired) electrons. The highest BCUT2D eigenvalue weighted by Gasteiger charge is 2.39. The Kier molecular flexibility index (Phi) is 3.74. The van der Waals surface area contributed by atoms with E-state index in [1.165, 1.54) is 0 Å². The lowest BCUT2D eigenvalue weighted by Gasteiger charge is -2.34. The van der Waals surface area contributed by atoms with Gasteiger partial charge in [-0.25, -0.2) is 0 Å². The number of carbonyl (C=O) groups is 1. The van der Waals surface area contributed by atoms with E-state index in [2.05, 4.69) is 27.7 Å². The molecule has 3 rings (SSSR count). The van der Waals surface area contributed by atoms with Crippen molar-refractivity contribution in [3.63, 3.8) is 0 Å². The molecule has 20 heavy (non-hydrogen) atoms. The lowest BCUT2D eigenvalue weighted by molar-refractivity contribution is 0.0937. The van der Waals surface area contributed by atoms with E-state index in [1.54, 1.807) is 0 Å². The predicted octanol–water partition coefficient (Wildman–Crippen LogP) is 1.38.